The molecule has 0 saturated heterocycles. The Balaban J connectivity index is 2.39. The highest BCUT2D eigenvalue weighted by atomic mass is 19.1. The Bertz CT molecular complexity index is 489. The summed E-state index contributed by atoms with van der Waals surface area (Å²) < 4.78 is 19.1. The van der Waals surface area contributed by atoms with Crippen LogP contribution in [0.4, 0.5) is 4.39 Å². The second-order valence-electron chi connectivity index (χ2n) is 4.48. The van der Waals surface area contributed by atoms with E-state index in [9.17, 15) is 4.39 Å². The van der Waals surface area contributed by atoms with Crippen molar-refractivity contribution in [3.05, 3.63) is 47.3 Å². The molecule has 1 aromatic rings. The first-order chi connectivity index (χ1) is 9.54. The number of hydrogen-bond donors (Lipinski definition) is 3. The average molecular weight is 281 g/mol. The minimum atomic E-state index is -0.399. The summed E-state index contributed by atoms with van der Waals surface area (Å²) in [6.45, 7) is 7.70. The van der Waals surface area contributed by atoms with Crippen LogP contribution in [0.2, 0.25) is 0 Å². The lowest BCUT2D eigenvalue weighted by Gasteiger charge is -2.08. The zero-order valence-electron chi connectivity index (χ0n) is 11.5. The lowest BCUT2D eigenvalue weighted by molar-refractivity contribution is 0.157. The monoisotopic (exact) mass is 281 g/mol. The van der Waals surface area contributed by atoms with E-state index in [0.29, 0.717) is 37.4 Å². The Morgan fingerprint density at radius 3 is 2.90 bits per heavy atom. The maximum absolute atomic E-state index is 13.8. The van der Waals surface area contributed by atoms with Crippen molar-refractivity contribution in [3.63, 3.8) is 0 Å². The van der Waals surface area contributed by atoms with Crippen molar-refractivity contribution < 1.29 is 14.3 Å². The number of ether oxygens (including phenoxy) is 1. The van der Waals surface area contributed by atoms with E-state index in [1.54, 1.807) is 12.1 Å². The van der Waals surface area contributed by atoms with Gasteiger partial charge in [0.05, 0.1) is 13.2 Å². The van der Waals surface area contributed by atoms with Crippen LogP contribution in [0.15, 0.2) is 35.5 Å². The summed E-state index contributed by atoms with van der Waals surface area (Å²) in [6.07, 6.45) is 0. The van der Waals surface area contributed by atoms with Crippen LogP contribution in [0.5, 0.6) is 0 Å². The third-order valence-corrected chi connectivity index (χ3v) is 2.54. The highest BCUT2D eigenvalue weighted by Crippen LogP contribution is 2.10. The predicted octanol–water partition coefficient (Wildman–Crippen LogP) is 1.60. The van der Waals surface area contributed by atoms with E-state index in [1.807, 2.05) is 6.92 Å². The number of rotatable bonds is 8. The van der Waals surface area contributed by atoms with Gasteiger partial charge >= 0.3 is 0 Å². The zero-order valence-corrected chi connectivity index (χ0v) is 11.5. The zero-order chi connectivity index (χ0) is 15.0. The molecule has 1 aromatic carbocycles. The van der Waals surface area contributed by atoms with Gasteiger partial charge in [-0.25, -0.2) is 4.39 Å². The van der Waals surface area contributed by atoms with E-state index in [1.165, 1.54) is 6.07 Å². The molecule has 4 N–H and O–H groups in total. The van der Waals surface area contributed by atoms with Crippen LogP contribution in [-0.4, -0.2) is 30.8 Å². The summed E-state index contributed by atoms with van der Waals surface area (Å²) >= 11 is 0. The van der Waals surface area contributed by atoms with Gasteiger partial charge < -0.3 is 21.0 Å². The van der Waals surface area contributed by atoms with Crippen molar-refractivity contribution in [1.29, 1.82) is 0 Å². The first kappa shape index (κ1) is 16.1. The molecule has 0 bridgehead atoms. The van der Waals surface area contributed by atoms with Gasteiger partial charge in [-0.2, -0.15) is 0 Å². The third-order valence-electron chi connectivity index (χ3n) is 2.54. The van der Waals surface area contributed by atoms with Crippen LogP contribution in [0.1, 0.15) is 18.1 Å². The van der Waals surface area contributed by atoms with Crippen LogP contribution in [0.3, 0.4) is 0 Å². The Morgan fingerprint density at radius 2 is 2.30 bits per heavy atom. The summed E-state index contributed by atoms with van der Waals surface area (Å²) in [6, 6.07) is 4.45. The molecule has 6 heteroatoms. The molecule has 0 heterocycles. The Labute approximate surface area is 117 Å². The number of nitrogens with two attached hydrogens (primary N) is 1. The van der Waals surface area contributed by atoms with Crippen LogP contribution >= 0.6 is 0 Å². The number of hydrogen-bond acceptors (Lipinski definition) is 4. The van der Waals surface area contributed by atoms with Crippen molar-refractivity contribution in [2.45, 2.75) is 13.5 Å². The predicted molar refractivity (Wildman–Crippen MR) is 76.3 cm³/mol. The normalized spacial score (nSPS) is 11.6. The van der Waals surface area contributed by atoms with Crippen LogP contribution in [0.25, 0.3) is 0 Å². The summed E-state index contributed by atoms with van der Waals surface area (Å²) in [4.78, 5) is 0. The molecule has 1 rings (SSSR count). The van der Waals surface area contributed by atoms with Crippen LogP contribution in [0, 0.1) is 5.82 Å². The largest absolute Gasteiger partial charge is 0.409 e. The van der Waals surface area contributed by atoms with E-state index in [0.717, 1.165) is 5.57 Å². The molecule has 0 amide bonds. The fourth-order valence-electron chi connectivity index (χ4n) is 1.52. The molecule has 0 aromatic heterocycles. The molecule has 0 unspecified atom stereocenters. The summed E-state index contributed by atoms with van der Waals surface area (Å²) in [5, 5.41) is 14.4. The minimum absolute atomic E-state index is 0.114. The Hall–Kier alpha value is -1.92. The second-order valence-corrected chi connectivity index (χ2v) is 4.48. The molecule has 0 aliphatic heterocycles. The number of nitrogens with one attached hydrogen (secondary N) is 1. The molecule has 5 nitrogen and oxygen atoms in total. The highest BCUT2D eigenvalue weighted by Gasteiger charge is 2.06. The highest BCUT2D eigenvalue weighted by molar-refractivity contribution is 5.97. The molecule has 0 radical (unpaired) electrons. The van der Waals surface area contributed by atoms with E-state index in [4.69, 9.17) is 15.7 Å². The van der Waals surface area contributed by atoms with Crippen LogP contribution in [-0.2, 0) is 11.3 Å². The number of nitrogens with zero attached hydrogens (tertiary/aromatic N) is 1. The van der Waals surface area contributed by atoms with Crippen molar-refractivity contribution in [2.75, 3.05) is 19.8 Å². The lowest BCUT2D eigenvalue weighted by Crippen LogP contribution is -2.20. The number of amidine groups is 1. The molecule has 0 aliphatic carbocycles. The third kappa shape index (κ3) is 5.38. The van der Waals surface area contributed by atoms with Crippen molar-refractivity contribution in [3.8, 4) is 0 Å². The van der Waals surface area contributed by atoms with Gasteiger partial charge in [-0.1, -0.05) is 29.4 Å². The smallest absolute Gasteiger partial charge is 0.170 e. The standard InChI is InChI=1S/C14H20FN3O2/c1-10(2)9-20-6-5-17-8-12-4-3-11(7-13(12)15)14(16)18-19/h3-4,7,17,19H,1,5-6,8-9H2,2H3,(H2,16,18). The molecular formula is C14H20FN3O2. The average Bonchev–Trinajstić information content (AvgIpc) is 2.42. The van der Waals surface area contributed by atoms with Crippen molar-refractivity contribution in [2.24, 2.45) is 10.9 Å². The maximum Gasteiger partial charge on any atom is 0.170 e. The van der Waals surface area contributed by atoms with Crippen molar-refractivity contribution in [1.82, 2.24) is 5.32 Å². The van der Waals surface area contributed by atoms with Gasteiger partial charge in [-0.15, -0.1) is 0 Å². The fraction of sp³-hybridized carbons (Fsp3) is 0.357. The molecule has 0 fully saturated rings. The van der Waals surface area contributed by atoms with Gasteiger partial charge in [0.2, 0.25) is 0 Å². The van der Waals surface area contributed by atoms with Gasteiger partial charge in [0.25, 0.3) is 0 Å². The quantitative estimate of drug-likeness (QED) is 0.169. The summed E-state index contributed by atoms with van der Waals surface area (Å²) in [5.74, 6) is -0.513. The van der Waals surface area contributed by atoms with Gasteiger partial charge in [0, 0.05) is 24.2 Å². The van der Waals surface area contributed by atoms with Gasteiger partial charge in [0.1, 0.15) is 5.82 Å². The molecule has 20 heavy (non-hydrogen) atoms. The van der Waals surface area contributed by atoms with Gasteiger partial charge in [-0.3, -0.25) is 0 Å². The Kier molecular flexibility index (Phi) is 6.69. The molecule has 110 valence electrons. The number of oxime groups is 1. The molecular weight excluding hydrogens is 261 g/mol. The van der Waals surface area contributed by atoms with E-state index in [-0.39, 0.29) is 5.84 Å². The van der Waals surface area contributed by atoms with E-state index in [2.05, 4.69) is 17.1 Å². The summed E-state index contributed by atoms with van der Waals surface area (Å²) in [7, 11) is 0. The number of benzene rings is 1. The Morgan fingerprint density at radius 1 is 1.55 bits per heavy atom. The van der Waals surface area contributed by atoms with Gasteiger partial charge in [0.15, 0.2) is 5.84 Å². The first-order valence-electron chi connectivity index (χ1n) is 6.23. The maximum atomic E-state index is 13.8. The van der Waals surface area contributed by atoms with Crippen molar-refractivity contribution >= 4 is 5.84 Å². The molecule has 0 aliphatic rings. The fourth-order valence-corrected chi connectivity index (χ4v) is 1.52. The second kappa shape index (κ2) is 8.29. The topological polar surface area (TPSA) is 79.9 Å². The molecule has 0 spiro atoms. The SMILES string of the molecule is C=C(C)COCCNCc1ccc(/C(N)=N/O)cc1F. The first-order valence-corrected chi connectivity index (χ1v) is 6.23. The summed E-state index contributed by atoms with van der Waals surface area (Å²) in [5.41, 5.74) is 7.21. The van der Waals surface area contributed by atoms with Gasteiger partial charge in [-0.05, 0) is 13.0 Å². The van der Waals surface area contributed by atoms with E-state index >= 15 is 0 Å². The molecule has 0 atom stereocenters. The number of halogens is 1. The lowest BCUT2D eigenvalue weighted by atomic mass is 10.1. The van der Waals surface area contributed by atoms with E-state index < -0.39 is 5.82 Å². The van der Waals surface area contributed by atoms with Crippen LogP contribution < -0.4 is 11.1 Å². The minimum Gasteiger partial charge on any atom is -0.409 e. The molecule has 0 saturated carbocycles.